The quantitative estimate of drug-likeness (QED) is 0.689. The van der Waals surface area contributed by atoms with E-state index < -0.39 is 12.2 Å². The molecule has 0 aromatic heterocycles. The van der Waals surface area contributed by atoms with Crippen molar-refractivity contribution in [3.8, 4) is 0 Å². The van der Waals surface area contributed by atoms with Crippen LogP contribution in [-0.2, 0) is 0 Å². The van der Waals surface area contributed by atoms with E-state index in [-0.39, 0.29) is 5.92 Å². The van der Waals surface area contributed by atoms with E-state index in [9.17, 15) is 10.2 Å². The van der Waals surface area contributed by atoms with Gasteiger partial charge in [-0.2, -0.15) is 0 Å². The highest BCUT2D eigenvalue weighted by atomic mass is 16.3. The molecule has 3 atom stereocenters. The predicted molar refractivity (Wildman–Crippen MR) is 94.7 cm³/mol. The molecule has 0 fully saturated rings. The van der Waals surface area contributed by atoms with Gasteiger partial charge in [-0.25, -0.2) is 0 Å². The lowest BCUT2D eigenvalue weighted by Crippen LogP contribution is -2.17. The van der Waals surface area contributed by atoms with E-state index in [1.165, 1.54) is 11.1 Å². The number of hydrogen-bond donors (Lipinski definition) is 2. The number of allylic oxidation sites excluding steroid dienone is 4. The second kappa shape index (κ2) is 9.12. The largest absolute Gasteiger partial charge is 0.389 e. The fourth-order valence-corrected chi connectivity index (χ4v) is 2.83. The van der Waals surface area contributed by atoms with E-state index in [2.05, 4.69) is 32.6 Å². The summed E-state index contributed by atoms with van der Waals surface area (Å²) in [6.45, 7) is 12.2. The van der Waals surface area contributed by atoms with Crippen molar-refractivity contribution in [1.82, 2.24) is 0 Å². The van der Waals surface area contributed by atoms with Crippen molar-refractivity contribution in [2.45, 2.75) is 72.0 Å². The maximum Gasteiger partial charge on any atom is 0.0761 e. The zero-order valence-corrected chi connectivity index (χ0v) is 14.6. The monoisotopic (exact) mass is 304 g/mol. The van der Waals surface area contributed by atoms with Gasteiger partial charge in [0.25, 0.3) is 0 Å². The van der Waals surface area contributed by atoms with Crippen LogP contribution in [0.5, 0.6) is 0 Å². The van der Waals surface area contributed by atoms with E-state index in [0.717, 1.165) is 30.4 Å². The van der Waals surface area contributed by atoms with Crippen molar-refractivity contribution >= 4 is 0 Å². The van der Waals surface area contributed by atoms with Crippen LogP contribution in [0.3, 0.4) is 0 Å². The van der Waals surface area contributed by atoms with Gasteiger partial charge in [0.1, 0.15) is 0 Å². The molecule has 0 aliphatic heterocycles. The second-order valence-electron chi connectivity index (χ2n) is 6.85. The van der Waals surface area contributed by atoms with Crippen molar-refractivity contribution in [2.24, 2.45) is 5.92 Å². The van der Waals surface area contributed by atoms with Gasteiger partial charge in [-0.1, -0.05) is 41.5 Å². The summed E-state index contributed by atoms with van der Waals surface area (Å²) in [5.41, 5.74) is 4.55. The first kappa shape index (κ1) is 18.9. The first-order valence-corrected chi connectivity index (χ1v) is 8.30. The van der Waals surface area contributed by atoms with Crippen LogP contribution in [0.1, 0.15) is 59.8 Å². The molecule has 1 aliphatic carbocycles. The van der Waals surface area contributed by atoms with Crippen LogP contribution in [0.15, 0.2) is 47.1 Å². The molecule has 2 nitrogen and oxygen atoms in total. The first-order valence-electron chi connectivity index (χ1n) is 8.30. The smallest absolute Gasteiger partial charge is 0.0761 e. The van der Waals surface area contributed by atoms with Crippen molar-refractivity contribution in [3.05, 3.63) is 47.1 Å². The Hall–Kier alpha value is -1.12. The average Bonchev–Trinajstić information content (AvgIpc) is 2.41. The fraction of sp³-hybridized carbons (Fsp3) is 0.600. The first-order chi connectivity index (χ1) is 10.3. The summed E-state index contributed by atoms with van der Waals surface area (Å²) in [6, 6.07) is 0. The molecule has 2 heteroatoms. The van der Waals surface area contributed by atoms with Crippen LogP contribution in [-0.4, -0.2) is 22.4 Å². The molecule has 2 N–H and O–H groups in total. The molecule has 0 saturated carbocycles. The lowest BCUT2D eigenvalue weighted by molar-refractivity contribution is 0.176. The van der Waals surface area contributed by atoms with Gasteiger partial charge in [-0.3, -0.25) is 0 Å². The Bertz CT molecular complexity index is 468. The third-order valence-electron chi connectivity index (χ3n) is 4.50. The Balaban J connectivity index is 2.98. The van der Waals surface area contributed by atoms with Gasteiger partial charge in [0.05, 0.1) is 12.2 Å². The molecule has 0 aromatic rings. The highest BCUT2D eigenvalue weighted by Gasteiger charge is 2.17. The van der Waals surface area contributed by atoms with E-state index >= 15 is 0 Å². The summed E-state index contributed by atoms with van der Waals surface area (Å²) < 4.78 is 0. The summed E-state index contributed by atoms with van der Waals surface area (Å²) in [5, 5.41) is 20.5. The Morgan fingerprint density at radius 3 is 2.45 bits per heavy atom. The van der Waals surface area contributed by atoms with Crippen molar-refractivity contribution in [2.75, 3.05) is 0 Å². The Labute approximate surface area is 135 Å². The highest BCUT2D eigenvalue weighted by molar-refractivity contribution is 5.14. The zero-order valence-electron chi connectivity index (χ0n) is 14.6. The molecule has 0 aromatic carbocycles. The van der Waals surface area contributed by atoms with Crippen LogP contribution in [0.25, 0.3) is 0 Å². The molecule has 0 saturated heterocycles. The Kier molecular flexibility index (Phi) is 7.84. The van der Waals surface area contributed by atoms with Gasteiger partial charge < -0.3 is 10.2 Å². The fourth-order valence-electron chi connectivity index (χ4n) is 2.83. The van der Waals surface area contributed by atoms with E-state index in [4.69, 9.17) is 0 Å². The molecule has 0 heterocycles. The average molecular weight is 304 g/mol. The van der Waals surface area contributed by atoms with Gasteiger partial charge in [-0.05, 0) is 71.3 Å². The van der Waals surface area contributed by atoms with Crippen LogP contribution < -0.4 is 0 Å². The van der Waals surface area contributed by atoms with Gasteiger partial charge in [-0.15, -0.1) is 0 Å². The molecule has 0 radical (unpaired) electrons. The summed E-state index contributed by atoms with van der Waals surface area (Å²) in [6.07, 6.45) is 9.56. The Morgan fingerprint density at radius 2 is 1.82 bits per heavy atom. The molecule has 0 amide bonds. The van der Waals surface area contributed by atoms with Crippen LogP contribution in [0.4, 0.5) is 0 Å². The molecule has 22 heavy (non-hydrogen) atoms. The molecular formula is C20H32O2. The highest BCUT2D eigenvalue weighted by Crippen LogP contribution is 2.25. The summed E-state index contributed by atoms with van der Waals surface area (Å²) in [7, 11) is 0. The van der Waals surface area contributed by atoms with E-state index in [0.29, 0.717) is 12.8 Å². The predicted octanol–water partition coefficient (Wildman–Crippen LogP) is 4.70. The third kappa shape index (κ3) is 6.76. The van der Waals surface area contributed by atoms with E-state index in [1.807, 2.05) is 13.8 Å². The minimum absolute atomic E-state index is 0.283. The molecule has 1 rings (SSSR count). The number of aliphatic hydroxyl groups excluding tert-OH is 2. The summed E-state index contributed by atoms with van der Waals surface area (Å²) in [4.78, 5) is 0. The van der Waals surface area contributed by atoms with Crippen molar-refractivity contribution in [3.63, 3.8) is 0 Å². The number of hydrogen-bond acceptors (Lipinski definition) is 2. The topological polar surface area (TPSA) is 40.5 Å². The maximum absolute atomic E-state index is 10.4. The van der Waals surface area contributed by atoms with Crippen LogP contribution >= 0.6 is 0 Å². The maximum atomic E-state index is 10.4. The lowest BCUT2D eigenvalue weighted by Gasteiger charge is -2.21. The standard InChI is InChI=1S/C20H32O2/c1-14(2)18-10-9-15(3)7-6-8-16(4)11-19(21)12-17(5)20(22)13-18/h8-9,12,18-22H,1,6-7,10-11,13H2,2-5H3/b15-9-,16-8-,17-12-/t18-,19+,20-/m0/s1. The number of rotatable bonds is 1. The van der Waals surface area contributed by atoms with Crippen LogP contribution in [0.2, 0.25) is 0 Å². The second-order valence-corrected chi connectivity index (χ2v) is 6.85. The molecule has 0 unspecified atom stereocenters. The molecule has 1 aliphatic rings. The molecule has 124 valence electrons. The van der Waals surface area contributed by atoms with Crippen molar-refractivity contribution < 1.29 is 10.2 Å². The van der Waals surface area contributed by atoms with Crippen molar-refractivity contribution in [1.29, 1.82) is 0 Å². The zero-order chi connectivity index (χ0) is 16.7. The van der Waals surface area contributed by atoms with E-state index in [1.54, 1.807) is 6.08 Å². The normalized spacial score (nSPS) is 36.1. The molecule has 0 bridgehead atoms. The molecule has 0 spiro atoms. The summed E-state index contributed by atoms with van der Waals surface area (Å²) >= 11 is 0. The van der Waals surface area contributed by atoms with Gasteiger partial charge in [0.15, 0.2) is 0 Å². The summed E-state index contributed by atoms with van der Waals surface area (Å²) in [5.74, 6) is 0.283. The lowest BCUT2D eigenvalue weighted by atomic mass is 9.88. The minimum atomic E-state index is -0.520. The van der Waals surface area contributed by atoms with Gasteiger partial charge >= 0.3 is 0 Å². The van der Waals surface area contributed by atoms with Gasteiger partial charge in [0.2, 0.25) is 0 Å². The number of aliphatic hydroxyl groups is 2. The van der Waals surface area contributed by atoms with Gasteiger partial charge in [0, 0.05) is 0 Å². The molecular weight excluding hydrogens is 272 g/mol. The third-order valence-corrected chi connectivity index (χ3v) is 4.50. The van der Waals surface area contributed by atoms with Crippen LogP contribution in [0, 0.1) is 5.92 Å². The Morgan fingerprint density at radius 1 is 1.14 bits per heavy atom. The SMILES string of the molecule is C=C(C)[C@H]1C/C=C(/C)CC/C=C(/C)C[C@@H](O)/C=C(/C)[C@@H](O)C1. The minimum Gasteiger partial charge on any atom is -0.389 e.